The largest absolute Gasteiger partial charge is 0.480 e. The van der Waals surface area contributed by atoms with Crippen LogP contribution in [0.5, 0.6) is 0 Å². The highest BCUT2D eigenvalue weighted by atomic mass is 16.4. The molecule has 0 aliphatic carbocycles. The summed E-state index contributed by atoms with van der Waals surface area (Å²) in [6, 6.07) is -0.364. The predicted molar refractivity (Wildman–Crippen MR) is 49.2 cm³/mol. The molecule has 0 bridgehead atoms. The Hall–Kier alpha value is -0.570. The van der Waals surface area contributed by atoms with Gasteiger partial charge in [-0.25, -0.2) is 0 Å². The van der Waals surface area contributed by atoms with Gasteiger partial charge in [-0.05, 0) is 19.4 Å². The molecule has 0 radical (unpaired) electrons. The minimum absolute atomic E-state index is 0.364. The second-order valence-corrected chi connectivity index (χ2v) is 3.50. The normalized spacial score (nSPS) is 13.8. The maximum absolute atomic E-state index is 10.6. The van der Waals surface area contributed by atoms with Crippen LogP contribution in [0, 0.1) is 5.92 Å². The van der Waals surface area contributed by atoms with Gasteiger partial charge in [0.2, 0.25) is 0 Å². The fraction of sp³-hybridized carbons (Fsp3) is 0.889. The van der Waals surface area contributed by atoms with Gasteiger partial charge >= 0.3 is 5.97 Å². The van der Waals surface area contributed by atoms with E-state index in [4.69, 9.17) is 5.11 Å². The van der Waals surface area contributed by atoms with Gasteiger partial charge in [0.25, 0.3) is 0 Å². The van der Waals surface area contributed by atoms with Crippen molar-refractivity contribution in [3.63, 3.8) is 0 Å². The van der Waals surface area contributed by atoms with E-state index in [-0.39, 0.29) is 6.04 Å². The molecule has 0 aromatic carbocycles. The highest BCUT2D eigenvalue weighted by molar-refractivity contribution is 5.72. The lowest BCUT2D eigenvalue weighted by atomic mass is 10.1. The minimum atomic E-state index is -0.738. The van der Waals surface area contributed by atoms with Crippen molar-refractivity contribution in [2.45, 2.75) is 33.7 Å². The first-order valence-corrected chi connectivity index (χ1v) is 4.45. The number of carboxylic acids is 1. The molecule has 0 fully saturated rings. The second-order valence-electron chi connectivity index (χ2n) is 3.50. The van der Waals surface area contributed by atoms with Gasteiger partial charge in [0.15, 0.2) is 0 Å². The molecular weight excluding hydrogens is 154 g/mol. The first-order valence-electron chi connectivity index (χ1n) is 4.45. The maximum Gasteiger partial charge on any atom is 0.320 e. The van der Waals surface area contributed by atoms with E-state index in [2.05, 4.69) is 13.8 Å². The molecule has 0 aliphatic rings. The number of carboxylic acid groups (broad SMARTS) is 1. The molecule has 12 heavy (non-hydrogen) atoms. The van der Waals surface area contributed by atoms with Crippen LogP contribution in [0.3, 0.4) is 0 Å². The molecule has 0 saturated heterocycles. The van der Waals surface area contributed by atoms with E-state index in [1.165, 1.54) is 0 Å². The Balaban J connectivity index is 4.05. The average Bonchev–Trinajstić information content (AvgIpc) is 1.98. The predicted octanol–water partition coefficient (Wildman–Crippen LogP) is 1.44. The van der Waals surface area contributed by atoms with Crippen LogP contribution < -0.4 is 0 Å². The summed E-state index contributed by atoms with van der Waals surface area (Å²) in [5.41, 5.74) is 0. The molecule has 0 aromatic rings. The smallest absolute Gasteiger partial charge is 0.320 e. The molecule has 0 aromatic heterocycles. The van der Waals surface area contributed by atoms with Crippen LogP contribution in [0.15, 0.2) is 0 Å². The summed E-state index contributed by atoms with van der Waals surface area (Å²) in [7, 11) is 0. The number of hydrogen-bond acceptors (Lipinski definition) is 2. The zero-order valence-electron chi connectivity index (χ0n) is 8.37. The number of nitrogens with zero attached hydrogens (tertiary/aromatic N) is 1. The van der Waals surface area contributed by atoms with Crippen LogP contribution in [-0.4, -0.2) is 35.1 Å². The van der Waals surface area contributed by atoms with Crippen molar-refractivity contribution in [3.8, 4) is 0 Å². The van der Waals surface area contributed by atoms with Crippen LogP contribution in [0.25, 0.3) is 0 Å². The second kappa shape index (κ2) is 5.14. The molecule has 72 valence electrons. The SMILES string of the molecule is CCN(CC(C)C)C(C)C(=O)O. The molecule has 1 N–H and O–H groups in total. The van der Waals surface area contributed by atoms with Gasteiger partial charge < -0.3 is 5.11 Å². The monoisotopic (exact) mass is 173 g/mol. The summed E-state index contributed by atoms with van der Waals surface area (Å²) in [5.74, 6) is -0.218. The number of carbonyl (C=O) groups is 1. The zero-order chi connectivity index (χ0) is 9.72. The average molecular weight is 173 g/mol. The lowest BCUT2D eigenvalue weighted by Crippen LogP contribution is -2.40. The van der Waals surface area contributed by atoms with Crippen molar-refractivity contribution in [1.82, 2.24) is 4.90 Å². The third-order valence-corrected chi connectivity index (χ3v) is 1.91. The number of likely N-dealkylation sites (N-methyl/N-ethyl adjacent to an activating group) is 1. The minimum Gasteiger partial charge on any atom is -0.480 e. The number of hydrogen-bond donors (Lipinski definition) is 1. The van der Waals surface area contributed by atoms with Crippen molar-refractivity contribution < 1.29 is 9.90 Å². The van der Waals surface area contributed by atoms with E-state index < -0.39 is 5.97 Å². The van der Waals surface area contributed by atoms with Crippen LogP contribution in [0.2, 0.25) is 0 Å². The molecule has 0 aliphatic heterocycles. The third kappa shape index (κ3) is 3.72. The van der Waals surface area contributed by atoms with Crippen molar-refractivity contribution in [3.05, 3.63) is 0 Å². The molecule has 1 atom stereocenters. The highest BCUT2D eigenvalue weighted by Gasteiger charge is 2.19. The number of aliphatic carboxylic acids is 1. The van der Waals surface area contributed by atoms with Gasteiger partial charge in [0, 0.05) is 6.54 Å². The maximum atomic E-state index is 10.6. The van der Waals surface area contributed by atoms with E-state index in [1.807, 2.05) is 11.8 Å². The van der Waals surface area contributed by atoms with Gasteiger partial charge in [-0.3, -0.25) is 9.69 Å². The van der Waals surface area contributed by atoms with E-state index in [0.29, 0.717) is 5.92 Å². The Bertz CT molecular complexity index is 145. The van der Waals surface area contributed by atoms with Crippen molar-refractivity contribution in [1.29, 1.82) is 0 Å². The Morgan fingerprint density at radius 2 is 1.92 bits per heavy atom. The van der Waals surface area contributed by atoms with Crippen molar-refractivity contribution in [2.75, 3.05) is 13.1 Å². The zero-order valence-corrected chi connectivity index (χ0v) is 8.37. The molecule has 0 heterocycles. The Kier molecular flexibility index (Phi) is 4.90. The summed E-state index contributed by atoms with van der Waals surface area (Å²) < 4.78 is 0. The summed E-state index contributed by atoms with van der Waals surface area (Å²) >= 11 is 0. The van der Waals surface area contributed by atoms with E-state index in [1.54, 1.807) is 6.92 Å². The van der Waals surface area contributed by atoms with Gasteiger partial charge in [-0.2, -0.15) is 0 Å². The molecular formula is C9H19NO2. The van der Waals surface area contributed by atoms with Gasteiger partial charge in [0.1, 0.15) is 6.04 Å². The summed E-state index contributed by atoms with van der Waals surface area (Å²) in [4.78, 5) is 12.6. The lowest BCUT2D eigenvalue weighted by Gasteiger charge is -2.26. The van der Waals surface area contributed by atoms with Crippen LogP contribution in [0.1, 0.15) is 27.7 Å². The highest BCUT2D eigenvalue weighted by Crippen LogP contribution is 2.03. The van der Waals surface area contributed by atoms with Crippen LogP contribution in [-0.2, 0) is 4.79 Å². The molecule has 0 spiro atoms. The van der Waals surface area contributed by atoms with E-state index >= 15 is 0 Å². The van der Waals surface area contributed by atoms with E-state index in [0.717, 1.165) is 13.1 Å². The van der Waals surface area contributed by atoms with Gasteiger partial charge in [-0.1, -0.05) is 20.8 Å². The Morgan fingerprint density at radius 3 is 2.17 bits per heavy atom. The lowest BCUT2D eigenvalue weighted by molar-refractivity contribution is -0.142. The standard InChI is InChI=1S/C9H19NO2/c1-5-10(6-7(2)3)8(4)9(11)12/h7-8H,5-6H2,1-4H3,(H,11,12). The Labute approximate surface area is 74.4 Å². The Morgan fingerprint density at radius 1 is 1.42 bits per heavy atom. The van der Waals surface area contributed by atoms with Crippen LogP contribution >= 0.6 is 0 Å². The molecule has 0 saturated carbocycles. The molecule has 3 nitrogen and oxygen atoms in total. The molecule has 3 heteroatoms. The fourth-order valence-corrected chi connectivity index (χ4v) is 1.19. The number of rotatable bonds is 5. The molecule has 0 rings (SSSR count). The summed E-state index contributed by atoms with van der Waals surface area (Å²) in [6.07, 6.45) is 0. The van der Waals surface area contributed by atoms with Gasteiger partial charge in [-0.15, -0.1) is 0 Å². The summed E-state index contributed by atoms with van der Waals surface area (Å²) in [6.45, 7) is 9.56. The fourth-order valence-electron chi connectivity index (χ4n) is 1.19. The van der Waals surface area contributed by atoms with Crippen molar-refractivity contribution in [2.24, 2.45) is 5.92 Å². The summed E-state index contributed by atoms with van der Waals surface area (Å²) in [5, 5.41) is 8.75. The van der Waals surface area contributed by atoms with Crippen molar-refractivity contribution >= 4 is 5.97 Å². The molecule has 0 amide bonds. The first-order chi connectivity index (χ1) is 5.49. The van der Waals surface area contributed by atoms with Gasteiger partial charge in [0.05, 0.1) is 0 Å². The van der Waals surface area contributed by atoms with Crippen LogP contribution in [0.4, 0.5) is 0 Å². The topological polar surface area (TPSA) is 40.5 Å². The van der Waals surface area contributed by atoms with E-state index in [9.17, 15) is 4.79 Å². The quantitative estimate of drug-likeness (QED) is 0.684. The third-order valence-electron chi connectivity index (χ3n) is 1.91. The first kappa shape index (κ1) is 11.4. The molecule has 1 unspecified atom stereocenters.